The molecule has 0 rings (SSSR count). The molecule has 68 heavy (non-hydrogen) atoms. The van der Waals surface area contributed by atoms with Crippen molar-refractivity contribution in [3.8, 4) is 0 Å². The maximum Gasteiger partial charge on any atom is 0.305 e. The van der Waals surface area contributed by atoms with E-state index in [1.54, 1.807) is 6.08 Å². The molecule has 1 amide bonds. The molecule has 0 saturated heterocycles. The lowest BCUT2D eigenvalue weighted by Crippen LogP contribution is -2.45. The van der Waals surface area contributed by atoms with Crippen molar-refractivity contribution in [2.45, 2.75) is 347 Å². The lowest BCUT2D eigenvalue weighted by Gasteiger charge is -2.20. The van der Waals surface area contributed by atoms with Crippen LogP contribution in [-0.2, 0) is 14.3 Å². The number of allylic oxidation sites excluding steroid dienone is 3. The third-order valence-corrected chi connectivity index (χ3v) is 14.2. The Labute approximate surface area is 424 Å². The van der Waals surface area contributed by atoms with Gasteiger partial charge in [-0.05, 0) is 57.8 Å². The van der Waals surface area contributed by atoms with Gasteiger partial charge >= 0.3 is 5.97 Å². The fourth-order valence-electron chi connectivity index (χ4n) is 9.51. The number of aliphatic hydroxyl groups is 2. The maximum atomic E-state index is 12.5. The molecule has 3 N–H and O–H groups in total. The summed E-state index contributed by atoms with van der Waals surface area (Å²) in [5.74, 6) is -0.0671. The lowest BCUT2D eigenvalue weighted by molar-refractivity contribution is -0.143. The minimum Gasteiger partial charge on any atom is -0.466 e. The highest BCUT2D eigenvalue weighted by Crippen LogP contribution is 2.18. The molecule has 0 fully saturated rings. The zero-order chi connectivity index (χ0) is 49.3. The second kappa shape index (κ2) is 57.9. The molecule has 0 bridgehead atoms. The Morgan fingerprint density at radius 2 is 0.691 bits per heavy atom. The van der Waals surface area contributed by atoms with Gasteiger partial charge in [0.15, 0.2) is 0 Å². The fourth-order valence-corrected chi connectivity index (χ4v) is 9.51. The van der Waals surface area contributed by atoms with E-state index in [0.717, 1.165) is 44.9 Å². The number of amides is 1. The van der Waals surface area contributed by atoms with Gasteiger partial charge in [-0.1, -0.05) is 289 Å². The summed E-state index contributed by atoms with van der Waals surface area (Å²) < 4.78 is 5.46. The van der Waals surface area contributed by atoms with Crippen molar-refractivity contribution in [2.24, 2.45) is 0 Å². The second-order valence-electron chi connectivity index (χ2n) is 21.0. The number of hydrogen-bond donors (Lipinski definition) is 3. The third kappa shape index (κ3) is 53.7. The Kier molecular flexibility index (Phi) is 56.5. The van der Waals surface area contributed by atoms with E-state index in [2.05, 4.69) is 31.3 Å². The SMILES string of the molecule is CCCCC/C=C\CCCCCCCC(=O)OCCCCCCCCCCCCCCCCCCCCCCC(=O)NC(CO)C(O)/C=C/CCCCCCCCCCCCCCCCCCC. The summed E-state index contributed by atoms with van der Waals surface area (Å²) in [6.45, 7) is 4.89. The highest BCUT2D eigenvalue weighted by Gasteiger charge is 2.18. The van der Waals surface area contributed by atoms with E-state index in [1.165, 1.54) is 263 Å². The van der Waals surface area contributed by atoms with E-state index >= 15 is 0 Å². The summed E-state index contributed by atoms with van der Waals surface area (Å²) in [6.07, 6.45) is 70.7. The third-order valence-electron chi connectivity index (χ3n) is 14.2. The number of ether oxygens (including phenoxy) is 1. The molecule has 0 heterocycles. The van der Waals surface area contributed by atoms with Crippen LogP contribution in [0.2, 0.25) is 0 Å². The van der Waals surface area contributed by atoms with Gasteiger partial charge in [0.25, 0.3) is 0 Å². The fraction of sp³-hybridized carbons (Fsp3) is 0.903. The number of aliphatic hydroxyl groups excluding tert-OH is 2. The maximum absolute atomic E-state index is 12.5. The van der Waals surface area contributed by atoms with Gasteiger partial charge in [-0.3, -0.25) is 9.59 Å². The van der Waals surface area contributed by atoms with Crippen LogP contribution in [0.25, 0.3) is 0 Å². The molecule has 0 aromatic heterocycles. The molecule has 0 aliphatic rings. The van der Waals surface area contributed by atoms with Crippen molar-refractivity contribution in [1.29, 1.82) is 0 Å². The molecule has 0 aliphatic heterocycles. The first kappa shape index (κ1) is 66.3. The highest BCUT2D eigenvalue weighted by atomic mass is 16.5. The summed E-state index contributed by atoms with van der Waals surface area (Å²) >= 11 is 0. The number of carbonyl (C=O) groups excluding carboxylic acids is 2. The Bertz CT molecular complexity index is 1060. The summed E-state index contributed by atoms with van der Waals surface area (Å²) in [5, 5.41) is 23.2. The number of esters is 1. The highest BCUT2D eigenvalue weighted by molar-refractivity contribution is 5.76. The van der Waals surface area contributed by atoms with Crippen molar-refractivity contribution < 1.29 is 24.5 Å². The molecule has 6 heteroatoms. The van der Waals surface area contributed by atoms with E-state index < -0.39 is 12.1 Å². The van der Waals surface area contributed by atoms with E-state index in [9.17, 15) is 19.8 Å². The van der Waals surface area contributed by atoms with E-state index in [0.29, 0.717) is 19.4 Å². The molecule has 6 nitrogen and oxygen atoms in total. The van der Waals surface area contributed by atoms with Gasteiger partial charge in [-0.25, -0.2) is 0 Å². The molecule has 0 aromatic carbocycles. The molecule has 2 unspecified atom stereocenters. The van der Waals surface area contributed by atoms with Crippen LogP contribution < -0.4 is 5.32 Å². The average Bonchev–Trinajstić information content (AvgIpc) is 3.34. The smallest absolute Gasteiger partial charge is 0.305 e. The van der Waals surface area contributed by atoms with Crippen molar-refractivity contribution >= 4 is 11.9 Å². The Balaban J connectivity index is 3.43. The average molecular weight is 959 g/mol. The molecule has 0 aliphatic carbocycles. The van der Waals surface area contributed by atoms with Crippen molar-refractivity contribution in [2.75, 3.05) is 13.2 Å². The number of unbranched alkanes of at least 4 members (excludes halogenated alkanes) is 44. The van der Waals surface area contributed by atoms with E-state index in [4.69, 9.17) is 4.74 Å². The summed E-state index contributed by atoms with van der Waals surface area (Å²) in [5.41, 5.74) is 0. The van der Waals surface area contributed by atoms with Crippen molar-refractivity contribution in [3.05, 3.63) is 24.3 Å². The van der Waals surface area contributed by atoms with E-state index in [-0.39, 0.29) is 18.5 Å². The molecule has 0 aromatic rings. The first-order valence-electron chi connectivity index (χ1n) is 30.6. The molecule has 2 atom stereocenters. The Morgan fingerprint density at radius 3 is 1.07 bits per heavy atom. The van der Waals surface area contributed by atoms with Crippen LogP contribution in [0.5, 0.6) is 0 Å². The van der Waals surface area contributed by atoms with Gasteiger partial charge in [0.1, 0.15) is 0 Å². The summed E-state index contributed by atoms with van der Waals surface area (Å²) in [6, 6.07) is -0.630. The summed E-state index contributed by atoms with van der Waals surface area (Å²) in [4.78, 5) is 24.5. The number of hydrogen-bond acceptors (Lipinski definition) is 5. The zero-order valence-corrected chi connectivity index (χ0v) is 45.9. The van der Waals surface area contributed by atoms with Gasteiger partial charge in [0, 0.05) is 12.8 Å². The van der Waals surface area contributed by atoms with Crippen LogP contribution in [0.4, 0.5) is 0 Å². The second-order valence-corrected chi connectivity index (χ2v) is 21.0. The van der Waals surface area contributed by atoms with Crippen LogP contribution in [0, 0.1) is 0 Å². The van der Waals surface area contributed by atoms with Gasteiger partial charge in [-0.2, -0.15) is 0 Å². The minimum absolute atomic E-state index is 0.000155. The first-order valence-corrected chi connectivity index (χ1v) is 30.6. The van der Waals surface area contributed by atoms with Crippen LogP contribution in [-0.4, -0.2) is 47.4 Å². The predicted octanol–water partition coefficient (Wildman–Crippen LogP) is 19.0. The normalized spacial score (nSPS) is 12.7. The monoisotopic (exact) mass is 958 g/mol. The topological polar surface area (TPSA) is 95.9 Å². The van der Waals surface area contributed by atoms with Crippen LogP contribution in [0.15, 0.2) is 24.3 Å². The molecular formula is C62H119NO5. The number of carbonyl (C=O) groups is 2. The molecule has 0 saturated carbocycles. The van der Waals surface area contributed by atoms with E-state index in [1.807, 2.05) is 6.08 Å². The Hall–Kier alpha value is -1.66. The van der Waals surface area contributed by atoms with Gasteiger partial charge in [-0.15, -0.1) is 0 Å². The van der Waals surface area contributed by atoms with Crippen molar-refractivity contribution in [1.82, 2.24) is 5.32 Å². The van der Waals surface area contributed by atoms with Gasteiger partial charge < -0.3 is 20.3 Å². The Morgan fingerprint density at radius 1 is 0.397 bits per heavy atom. The van der Waals surface area contributed by atoms with Crippen LogP contribution >= 0.6 is 0 Å². The van der Waals surface area contributed by atoms with Crippen molar-refractivity contribution in [3.63, 3.8) is 0 Å². The minimum atomic E-state index is -0.846. The van der Waals surface area contributed by atoms with Gasteiger partial charge in [0.2, 0.25) is 5.91 Å². The molecule has 402 valence electrons. The van der Waals surface area contributed by atoms with Crippen LogP contribution in [0.3, 0.4) is 0 Å². The summed E-state index contributed by atoms with van der Waals surface area (Å²) in [7, 11) is 0. The quantitative estimate of drug-likeness (QED) is 0.0321. The number of rotatable bonds is 57. The predicted molar refractivity (Wildman–Crippen MR) is 296 cm³/mol. The molecule has 0 radical (unpaired) electrons. The molecule has 0 spiro atoms. The standard InChI is InChI=1S/C62H119NO5/c1-3-5-7-9-11-13-15-17-18-19-22-25-28-31-34-38-42-46-50-54-60(65)59(58-64)63-61(66)55-51-47-43-39-35-32-29-26-23-20-21-24-27-30-33-37-41-45-49-53-57-68-62(67)56-52-48-44-40-36-16-14-12-10-8-6-4-2/h12,14,50,54,59-60,64-65H,3-11,13,15-49,51-53,55-58H2,1-2H3,(H,63,66)/b14-12-,54-50+. The lowest BCUT2D eigenvalue weighted by atomic mass is 10.0. The molecular weight excluding hydrogens is 839 g/mol. The first-order chi connectivity index (χ1) is 33.5. The largest absolute Gasteiger partial charge is 0.466 e. The zero-order valence-electron chi connectivity index (χ0n) is 45.9. The van der Waals surface area contributed by atoms with Crippen LogP contribution in [0.1, 0.15) is 335 Å². The van der Waals surface area contributed by atoms with Gasteiger partial charge in [0.05, 0.1) is 25.4 Å². The number of nitrogens with one attached hydrogen (secondary N) is 1.